The van der Waals surface area contributed by atoms with Gasteiger partial charge in [0.05, 0.1) is 25.2 Å². The summed E-state index contributed by atoms with van der Waals surface area (Å²) in [6.45, 7) is 8.78. The topological polar surface area (TPSA) is 81.0 Å². The summed E-state index contributed by atoms with van der Waals surface area (Å²) in [5, 5.41) is 8.88. The molecule has 4 atom stereocenters. The average molecular weight is 444 g/mol. The van der Waals surface area contributed by atoms with Crippen LogP contribution in [-0.2, 0) is 22.7 Å². The van der Waals surface area contributed by atoms with Gasteiger partial charge in [0.2, 0.25) is 0 Å². The molecule has 0 bridgehead atoms. The van der Waals surface area contributed by atoms with Gasteiger partial charge in [-0.25, -0.2) is 4.67 Å². The molecule has 0 N–H and O–H groups in total. The lowest BCUT2D eigenvalue weighted by molar-refractivity contribution is 0.110. The van der Waals surface area contributed by atoms with E-state index in [2.05, 4.69) is 58.4 Å². The smallest absolute Gasteiger partial charge is 0.321 e. The SMILES string of the molecule is BC1C=CC(/C=C/P(=O)(OC)OC)C(OP(OCCC#N)N(C(C)C)C(C)C)C1. The van der Waals surface area contributed by atoms with Gasteiger partial charge in [0, 0.05) is 38.0 Å². The van der Waals surface area contributed by atoms with Crippen molar-refractivity contribution >= 4 is 24.0 Å². The Morgan fingerprint density at radius 1 is 1.28 bits per heavy atom. The minimum absolute atomic E-state index is 0.0735. The zero-order valence-electron chi connectivity index (χ0n) is 18.6. The number of nitriles is 1. The van der Waals surface area contributed by atoms with Crippen molar-refractivity contribution in [3.63, 3.8) is 0 Å². The van der Waals surface area contributed by atoms with E-state index in [1.54, 1.807) is 0 Å². The summed E-state index contributed by atoms with van der Waals surface area (Å²) < 4.78 is 37.2. The van der Waals surface area contributed by atoms with E-state index in [1.165, 1.54) is 20.0 Å². The van der Waals surface area contributed by atoms with Crippen LogP contribution in [0.1, 0.15) is 40.5 Å². The van der Waals surface area contributed by atoms with Gasteiger partial charge in [0.25, 0.3) is 8.53 Å². The summed E-state index contributed by atoms with van der Waals surface area (Å²) in [6, 6.07) is 2.58. The summed E-state index contributed by atoms with van der Waals surface area (Å²) >= 11 is 0. The molecule has 0 heterocycles. The van der Waals surface area contributed by atoms with Gasteiger partial charge in [-0.2, -0.15) is 5.26 Å². The normalized spacial score (nSPS) is 23.9. The molecule has 0 aromatic heterocycles. The van der Waals surface area contributed by atoms with Crippen LogP contribution < -0.4 is 0 Å². The highest BCUT2D eigenvalue weighted by Crippen LogP contribution is 2.51. The predicted octanol–water partition coefficient (Wildman–Crippen LogP) is 4.64. The Morgan fingerprint density at radius 2 is 1.90 bits per heavy atom. The highest BCUT2D eigenvalue weighted by molar-refractivity contribution is 7.57. The summed E-state index contributed by atoms with van der Waals surface area (Å²) in [6.07, 6.45) is 7.05. The van der Waals surface area contributed by atoms with Crippen molar-refractivity contribution in [3.8, 4) is 6.07 Å². The summed E-state index contributed by atoms with van der Waals surface area (Å²) in [5.74, 6) is 1.79. The minimum atomic E-state index is -3.24. The van der Waals surface area contributed by atoms with Gasteiger partial charge in [-0.05, 0) is 39.9 Å². The molecular formula is C19H35BN2O5P2. The first-order valence-corrected chi connectivity index (χ1v) is 12.8. The van der Waals surface area contributed by atoms with E-state index < -0.39 is 16.1 Å². The second kappa shape index (κ2) is 13.0. The highest BCUT2D eigenvalue weighted by atomic mass is 31.2. The molecule has 29 heavy (non-hydrogen) atoms. The Labute approximate surface area is 178 Å². The Kier molecular flexibility index (Phi) is 11.9. The van der Waals surface area contributed by atoms with Gasteiger partial charge in [-0.1, -0.05) is 18.2 Å². The van der Waals surface area contributed by atoms with Crippen LogP contribution in [0.25, 0.3) is 0 Å². The molecule has 10 heteroatoms. The number of hydrogen-bond donors (Lipinski definition) is 0. The maximum atomic E-state index is 12.4. The predicted molar refractivity (Wildman–Crippen MR) is 120 cm³/mol. The molecule has 1 rings (SSSR count). The number of rotatable bonds is 12. The third-order valence-corrected chi connectivity index (χ3v) is 8.29. The van der Waals surface area contributed by atoms with Gasteiger partial charge in [-0.15, -0.1) is 0 Å². The molecule has 0 saturated heterocycles. The Morgan fingerprint density at radius 3 is 2.41 bits per heavy atom. The molecule has 0 aromatic rings. The van der Waals surface area contributed by atoms with E-state index in [9.17, 15) is 4.57 Å². The highest BCUT2D eigenvalue weighted by Gasteiger charge is 2.34. The van der Waals surface area contributed by atoms with Crippen molar-refractivity contribution < 1.29 is 22.7 Å². The fraction of sp³-hybridized carbons (Fsp3) is 0.737. The molecule has 7 nitrogen and oxygen atoms in total. The molecule has 0 aliphatic heterocycles. The van der Waals surface area contributed by atoms with Crippen molar-refractivity contribution in [2.24, 2.45) is 5.92 Å². The molecule has 0 saturated carbocycles. The Hall–Kier alpha value is -0.505. The van der Waals surface area contributed by atoms with Gasteiger partial charge in [-0.3, -0.25) is 4.57 Å². The maximum Gasteiger partial charge on any atom is 0.353 e. The summed E-state index contributed by atoms with van der Waals surface area (Å²) in [5.41, 5.74) is 0. The second-order valence-corrected chi connectivity index (χ2v) is 11.1. The molecule has 0 amide bonds. The molecule has 164 valence electrons. The van der Waals surface area contributed by atoms with E-state index >= 15 is 0 Å². The van der Waals surface area contributed by atoms with Crippen molar-refractivity contribution in [1.29, 1.82) is 5.26 Å². The number of hydrogen-bond acceptors (Lipinski definition) is 7. The van der Waals surface area contributed by atoms with Gasteiger partial charge in [0.15, 0.2) is 0 Å². The van der Waals surface area contributed by atoms with Gasteiger partial charge in [0.1, 0.15) is 7.85 Å². The zero-order valence-corrected chi connectivity index (χ0v) is 20.4. The van der Waals surface area contributed by atoms with Crippen LogP contribution in [0.4, 0.5) is 0 Å². The molecule has 1 aliphatic rings. The molecule has 0 spiro atoms. The van der Waals surface area contributed by atoms with Crippen LogP contribution in [-0.4, -0.2) is 51.5 Å². The Balaban J connectivity index is 3.08. The van der Waals surface area contributed by atoms with Crippen LogP contribution in [0.5, 0.6) is 0 Å². The molecule has 0 radical (unpaired) electrons. The lowest BCUT2D eigenvalue weighted by atomic mass is 9.75. The monoisotopic (exact) mass is 444 g/mol. The molecule has 1 aliphatic carbocycles. The van der Waals surface area contributed by atoms with E-state index in [0.717, 1.165) is 6.42 Å². The molecule has 0 fully saturated rings. The van der Waals surface area contributed by atoms with E-state index in [0.29, 0.717) is 18.8 Å². The first-order valence-electron chi connectivity index (χ1n) is 10.0. The van der Waals surface area contributed by atoms with Crippen molar-refractivity contribution in [2.75, 3.05) is 20.8 Å². The van der Waals surface area contributed by atoms with E-state index in [4.69, 9.17) is 23.4 Å². The van der Waals surface area contributed by atoms with Crippen molar-refractivity contribution in [2.45, 2.75) is 64.5 Å². The summed E-state index contributed by atoms with van der Waals surface area (Å²) in [7, 11) is 0.293. The quantitative estimate of drug-likeness (QED) is 0.188. The third-order valence-electron chi connectivity index (χ3n) is 4.58. The van der Waals surface area contributed by atoms with E-state index in [1.807, 2.05) is 6.08 Å². The standard InChI is InChI=1S/C19H35BN2O5P2/c1-15(2)22(16(3)4)28(26-12-7-11-21)27-19-14-18(20)9-8-17(19)10-13-29(23,24-5)25-6/h8-10,13,15-19H,7,12,14,20H2,1-6H3/b13-10+. The van der Waals surface area contributed by atoms with Crippen LogP contribution in [0, 0.1) is 17.2 Å². The molecule has 0 aromatic carbocycles. The third kappa shape index (κ3) is 8.63. The first-order chi connectivity index (χ1) is 13.7. The average Bonchev–Trinajstić information content (AvgIpc) is 2.66. The number of nitrogens with zero attached hydrogens (tertiary/aromatic N) is 2. The van der Waals surface area contributed by atoms with Crippen LogP contribution in [0.15, 0.2) is 24.0 Å². The number of allylic oxidation sites excluding steroid dienone is 1. The van der Waals surface area contributed by atoms with Crippen LogP contribution in [0.2, 0.25) is 5.82 Å². The van der Waals surface area contributed by atoms with Crippen LogP contribution in [0.3, 0.4) is 0 Å². The first kappa shape index (κ1) is 26.5. The maximum absolute atomic E-state index is 12.4. The lowest BCUT2D eigenvalue weighted by Crippen LogP contribution is -2.36. The molecule has 4 unspecified atom stereocenters. The minimum Gasteiger partial charge on any atom is -0.321 e. The lowest BCUT2D eigenvalue weighted by Gasteiger charge is -2.39. The van der Waals surface area contributed by atoms with Gasteiger partial charge < -0.3 is 18.1 Å². The van der Waals surface area contributed by atoms with Crippen molar-refractivity contribution in [1.82, 2.24) is 4.67 Å². The van der Waals surface area contributed by atoms with E-state index in [-0.39, 0.29) is 24.1 Å². The molecular weight excluding hydrogens is 409 g/mol. The Bertz CT molecular complexity index is 623. The van der Waals surface area contributed by atoms with Crippen molar-refractivity contribution in [3.05, 3.63) is 24.0 Å². The van der Waals surface area contributed by atoms with Gasteiger partial charge >= 0.3 is 7.60 Å². The fourth-order valence-corrected chi connectivity index (χ4v) is 5.72. The fourth-order valence-electron chi connectivity index (χ4n) is 3.16. The van der Waals surface area contributed by atoms with Crippen LogP contribution >= 0.6 is 16.1 Å². The largest absolute Gasteiger partial charge is 0.353 e. The zero-order chi connectivity index (χ0) is 22.0. The second-order valence-electron chi connectivity index (χ2n) is 7.61. The summed E-state index contributed by atoms with van der Waals surface area (Å²) in [4.78, 5) is 0.